The molecular formula is C17H21N3O. The second-order valence-electron chi connectivity index (χ2n) is 4.58. The summed E-state index contributed by atoms with van der Waals surface area (Å²) in [6, 6.07) is 18.2. The molecular weight excluding hydrogens is 262 g/mol. The van der Waals surface area contributed by atoms with Crippen LogP contribution in [0.1, 0.15) is 11.1 Å². The van der Waals surface area contributed by atoms with E-state index in [2.05, 4.69) is 27.8 Å². The van der Waals surface area contributed by atoms with E-state index in [1.807, 2.05) is 42.5 Å². The number of benzene rings is 2. The Hall–Kier alpha value is -2.49. The number of methoxy groups -OCH3 is 1. The predicted octanol–water partition coefficient (Wildman–Crippen LogP) is 2.56. The molecule has 2 aromatic carbocycles. The summed E-state index contributed by atoms with van der Waals surface area (Å²) < 4.78 is 5.34. The molecule has 0 saturated heterocycles. The van der Waals surface area contributed by atoms with Gasteiger partial charge in [-0.15, -0.1) is 0 Å². The molecule has 0 amide bonds. The summed E-state index contributed by atoms with van der Waals surface area (Å²) in [4.78, 5) is 4.23. The number of aliphatic imine (C=N–C) groups is 1. The lowest BCUT2D eigenvalue weighted by Gasteiger charge is -2.13. The molecule has 0 aliphatic heterocycles. The first-order valence-electron chi connectivity index (χ1n) is 6.94. The van der Waals surface area contributed by atoms with Crippen molar-refractivity contribution in [2.75, 3.05) is 14.2 Å². The van der Waals surface area contributed by atoms with E-state index in [1.165, 1.54) is 5.56 Å². The van der Waals surface area contributed by atoms with E-state index in [4.69, 9.17) is 4.74 Å². The summed E-state index contributed by atoms with van der Waals surface area (Å²) in [6.07, 6.45) is 0. The van der Waals surface area contributed by atoms with Crippen LogP contribution in [0.2, 0.25) is 0 Å². The highest BCUT2D eigenvalue weighted by Gasteiger charge is 2.03. The number of para-hydroxylation sites is 1. The smallest absolute Gasteiger partial charge is 0.191 e. The van der Waals surface area contributed by atoms with Crippen LogP contribution in [0.3, 0.4) is 0 Å². The Morgan fingerprint density at radius 2 is 1.62 bits per heavy atom. The van der Waals surface area contributed by atoms with Crippen LogP contribution >= 0.6 is 0 Å². The first-order chi connectivity index (χ1) is 10.3. The molecule has 0 bridgehead atoms. The topological polar surface area (TPSA) is 45.7 Å². The van der Waals surface area contributed by atoms with E-state index in [0.717, 1.165) is 23.8 Å². The summed E-state index contributed by atoms with van der Waals surface area (Å²) in [6.45, 7) is 1.41. The average Bonchev–Trinajstić information content (AvgIpc) is 2.56. The lowest BCUT2D eigenvalue weighted by Crippen LogP contribution is -2.36. The van der Waals surface area contributed by atoms with Crippen molar-refractivity contribution in [2.24, 2.45) is 4.99 Å². The van der Waals surface area contributed by atoms with Gasteiger partial charge in [-0.2, -0.15) is 0 Å². The molecule has 0 heterocycles. The third kappa shape index (κ3) is 4.53. The van der Waals surface area contributed by atoms with Gasteiger partial charge in [-0.3, -0.25) is 4.99 Å². The summed E-state index contributed by atoms with van der Waals surface area (Å²) in [5.41, 5.74) is 2.32. The first kappa shape index (κ1) is 14.9. The number of nitrogens with one attached hydrogen (secondary N) is 2. The van der Waals surface area contributed by atoms with Crippen molar-refractivity contribution in [1.29, 1.82) is 0 Å². The van der Waals surface area contributed by atoms with Crippen LogP contribution in [-0.2, 0) is 13.1 Å². The van der Waals surface area contributed by atoms with Crippen molar-refractivity contribution in [3.63, 3.8) is 0 Å². The van der Waals surface area contributed by atoms with Gasteiger partial charge in [0.15, 0.2) is 5.96 Å². The average molecular weight is 283 g/mol. The molecule has 0 unspecified atom stereocenters. The Kier molecular flexibility index (Phi) is 5.64. The molecule has 0 radical (unpaired) electrons. The van der Waals surface area contributed by atoms with Crippen LogP contribution < -0.4 is 15.4 Å². The molecule has 110 valence electrons. The summed E-state index contributed by atoms with van der Waals surface area (Å²) >= 11 is 0. The maximum absolute atomic E-state index is 5.34. The van der Waals surface area contributed by atoms with Crippen LogP contribution in [0.4, 0.5) is 0 Å². The molecule has 2 aromatic rings. The van der Waals surface area contributed by atoms with Crippen molar-refractivity contribution in [3.05, 3.63) is 65.7 Å². The van der Waals surface area contributed by atoms with E-state index >= 15 is 0 Å². The van der Waals surface area contributed by atoms with Gasteiger partial charge in [-0.25, -0.2) is 0 Å². The van der Waals surface area contributed by atoms with Crippen molar-refractivity contribution in [1.82, 2.24) is 10.6 Å². The highest BCUT2D eigenvalue weighted by Crippen LogP contribution is 2.16. The molecule has 0 aliphatic rings. The van der Waals surface area contributed by atoms with Gasteiger partial charge in [0.1, 0.15) is 5.75 Å². The van der Waals surface area contributed by atoms with Crippen molar-refractivity contribution >= 4 is 5.96 Å². The van der Waals surface area contributed by atoms with E-state index in [1.54, 1.807) is 14.2 Å². The number of guanidine groups is 1. The van der Waals surface area contributed by atoms with Crippen molar-refractivity contribution < 1.29 is 4.74 Å². The minimum absolute atomic E-state index is 0.665. The van der Waals surface area contributed by atoms with E-state index in [-0.39, 0.29) is 0 Å². The second kappa shape index (κ2) is 7.94. The molecule has 0 saturated carbocycles. The Bertz CT molecular complexity index is 582. The third-order valence-electron chi connectivity index (χ3n) is 3.17. The van der Waals surface area contributed by atoms with Gasteiger partial charge < -0.3 is 15.4 Å². The lowest BCUT2D eigenvalue weighted by molar-refractivity contribution is 0.409. The van der Waals surface area contributed by atoms with Gasteiger partial charge in [-0.05, 0) is 11.6 Å². The molecule has 0 aliphatic carbocycles. The molecule has 0 atom stereocenters. The zero-order valence-corrected chi connectivity index (χ0v) is 12.5. The standard InChI is InChI=1S/C17H21N3O/c1-18-17(19-12-14-8-4-3-5-9-14)20-13-15-10-6-7-11-16(15)21-2/h3-11H,12-13H2,1-2H3,(H2,18,19,20). The zero-order chi connectivity index (χ0) is 14.9. The number of nitrogens with zero attached hydrogens (tertiary/aromatic N) is 1. The monoisotopic (exact) mass is 283 g/mol. The number of rotatable bonds is 5. The lowest BCUT2D eigenvalue weighted by atomic mass is 10.2. The van der Waals surface area contributed by atoms with Crippen LogP contribution in [-0.4, -0.2) is 20.1 Å². The van der Waals surface area contributed by atoms with Crippen LogP contribution in [0.5, 0.6) is 5.75 Å². The third-order valence-corrected chi connectivity index (χ3v) is 3.17. The fraction of sp³-hybridized carbons (Fsp3) is 0.235. The van der Waals surface area contributed by atoms with Gasteiger partial charge in [0.2, 0.25) is 0 Å². The Balaban J connectivity index is 1.88. The van der Waals surface area contributed by atoms with Crippen molar-refractivity contribution in [2.45, 2.75) is 13.1 Å². The van der Waals surface area contributed by atoms with Gasteiger partial charge in [0.25, 0.3) is 0 Å². The van der Waals surface area contributed by atoms with Crippen LogP contribution in [0.15, 0.2) is 59.6 Å². The zero-order valence-electron chi connectivity index (χ0n) is 12.5. The highest BCUT2D eigenvalue weighted by atomic mass is 16.5. The molecule has 0 aromatic heterocycles. The second-order valence-corrected chi connectivity index (χ2v) is 4.58. The number of hydrogen-bond acceptors (Lipinski definition) is 2. The van der Waals surface area contributed by atoms with Gasteiger partial charge >= 0.3 is 0 Å². The summed E-state index contributed by atoms with van der Waals surface area (Å²) in [5, 5.41) is 6.58. The molecule has 21 heavy (non-hydrogen) atoms. The largest absolute Gasteiger partial charge is 0.496 e. The molecule has 0 fully saturated rings. The van der Waals surface area contributed by atoms with E-state index in [9.17, 15) is 0 Å². The Labute approximate surface area is 125 Å². The normalized spacial score (nSPS) is 11.0. The van der Waals surface area contributed by atoms with Gasteiger partial charge in [0.05, 0.1) is 7.11 Å². The highest BCUT2D eigenvalue weighted by molar-refractivity contribution is 5.79. The molecule has 2 N–H and O–H groups in total. The minimum Gasteiger partial charge on any atom is -0.496 e. The quantitative estimate of drug-likeness (QED) is 0.655. The summed E-state index contributed by atoms with van der Waals surface area (Å²) in [5.74, 6) is 1.65. The molecule has 4 heteroatoms. The number of hydrogen-bond donors (Lipinski definition) is 2. The van der Waals surface area contributed by atoms with Gasteiger partial charge in [-0.1, -0.05) is 48.5 Å². The van der Waals surface area contributed by atoms with Crippen molar-refractivity contribution in [3.8, 4) is 5.75 Å². The van der Waals surface area contributed by atoms with Crippen LogP contribution in [0.25, 0.3) is 0 Å². The SMILES string of the molecule is CN=C(NCc1ccccc1)NCc1ccccc1OC. The molecule has 0 spiro atoms. The predicted molar refractivity (Wildman–Crippen MR) is 86.5 cm³/mol. The molecule has 2 rings (SSSR count). The fourth-order valence-electron chi connectivity index (χ4n) is 2.03. The first-order valence-corrected chi connectivity index (χ1v) is 6.94. The number of ether oxygens (including phenoxy) is 1. The Morgan fingerprint density at radius 1 is 0.952 bits per heavy atom. The maximum atomic E-state index is 5.34. The fourth-order valence-corrected chi connectivity index (χ4v) is 2.03. The minimum atomic E-state index is 0.665. The molecule has 4 nitrogen and oxygen atoms in total. The van der Waals surface area contributed by atoms with E-state index in [0.29, 0.717) is 6.54 Å². The van der Waals surface area contributed by atoms with Crippen LogP contribution in [0, 0.1) is 0 Å². The Morgan fingerprint density at radius 3 is 2.33 bits per heavy atom. The van der Waals surface area contributed by atoms with Gasteiger partial charge in [0, 0.05) is 25.7 Å². The van der Waals surface area contributed by atoms with E-state index < -0.39 is 0 Å². The summed E-state index contributed by atoms with van der Waals surface area (Å²) in [7, 11) is 3.45. The maximum Gasteiger partial charge on any atom is 0.191 e.